The summed E-state index contributed by atoms with van der Waals surface area (Å²) < 4.78 is 13.4. The van der Waals surface area contributed by atoms with Crippen molar-refractivity contribution in [1.82, 2.24) is 15.1 Å². The van der Waals surface area contributed by atoms with Crippen LogP contribution in [0, 0.1) is 11.3 Å². The molecule has 1 aliphatic rings. The Morgan fingerprint density at radius 3 is 2.63 bits per heavy atom. The lowest BCUT2D eigenvalue weighted by Gasteiger charge is -2.10. The highest BCUT2D eigenvalue weighted by Crippen LogP contribution is 2.29. The second kappa shape index (κ2) is 12.0. The molecule has 0 aliphatic carbocycles. The van der Waals surface area contributed by atoms with Crippen LogP contribution >= 0.6 is 0 Å². The Morgan fingerprint density at radius 2 is 1.89 bits per heavy atom. The molecule has 4 aromatic rings. The van der Waals surface area contributed by atoms with E-state index in [1.807, 2.05) is 97.2 Å². The maximum absolute atomic E-state index is 12.8. The largest absolute Gasteiger partial charge is 0.489 e. The number of nitriles is 1. The number of para-hydroxylation sites is 1. The number of hydrogen-bond acceptors (Lipinski definition) is 5. The molecule has 3 aromatic carbocycles. The third kappa shape index (κ3) is 6.17. The highest BCUT2D eigenvalue weighted by atomic mass is 16.5. The van der Waals surface area contributed by atoms with Crippen molar-refractivity contribution in [3.8, 4) is 28.8 Å². The molecule has 0 bridgehead atoms. The SMILES string of the molecule is N#C/C(=C/c1cn(-c2ccccc2)nc1-c1cccc(OCc2ccccc2)c1)C(=O)NCC1CCCO1. The van der Waals surface area contributed by atoms with Crippen LogP contribution in [0.5, 0.6) is 5.75 Å². The van der Waals surface area contributed by atoms with E-state index in [-0.39, 0.29) is 11.7 Å². The van der Waals surface area contributed by atoms with E-state index in [1.165, 1.54) is 0 Å². The van der Waals surface area contributed by atoms with Gasteiger partial charge in [0.1, 0.15) is 29.7 Å². The lowest BCUT2D eigenvalue weighted by molar-refractivity contribution is -0.117. The number of nitrogens with one attached hydrogen (secondary N) is 1. The molecule has 1 atom stereocenters. The molecule has 7 heteroatoms. The van der Waals surface area contributed by atoms with Gasteiger partial charge in [0.25, 0.3) is 5.91 Å². The summed E-state index contributed by atoms with van der Waals surface area (Å²) in [5.74, 6) is 0.270. The van der Waals surface area contributed by atoms with Crippen LogP contribution in [0.1, 0.15) is 24.0 Å². The summed E-state index contributed by atoms with van der Waals surface area (Å²) >= 11 is 0. The van der Waals surface area contributed by atoms with Gasteiger partial charge in [-0.25, -0.2) is 4.68 Å². The Balaban J connectivity index is 1.44. The van der Waals surface area contributed by atoms with Crippen molar-refractivity contribution in [2.75, 3.05) is 13.2 Å². The summed E-state index contributed by atoms with van der Waals surface area (Å²) in [7, 11) is 0. The molecule has 1 N–H and O–H groups in total. The van der Waals surface area contributed by atoms with Crippen molar-refractivity contribution in [1.29, 1.82) is 5.26 Å². The summed E-state index contributed by atoms with van der Waals surface area (Å²) in [5.41, 5.74) is 4.05. The Labute approximate surface area is 221 Å². The number of aromatic nitrogens is 2. The molecule has 38 heavy (non-hydrogen) atoms. The minimum absolute atomic E-state index is 0.00564. The van der Waals surface area contributed by atoms with Crippen LogP contribution in [0.4, 0.5) is 0 Å². The van der Waals surface area contributed by atoms with E-state index in [0.29, 0.717) is 36.8 Å². The van der Waals surface area contributed by atoms with Crippen molar-refractivity contribution in [2.45, 2.75) is 25.6 Å². The quantitative estimate of drug-likeness (QED) is 0.246. The molecule has 5 rings (SSSR count). The van der Waals surface area contributed by atoms with Crippen LogP contribution in [-0.4, -0.2) is 34.9 Å². The van der Waals surface area contributed by atoms with E-state index < -0.39 is 5.91 Å². The summed E-state index contributed by atoms with van der Waals surface area (Å²) in [6.07, 6.45) is 5.30. The summed E-state index contributed by atoms with van der Waals surface area (Å²) in [5, 5.41) is 17.5. The first-order valence-corrected chi connectivity index (χ1v) is 12.6. The zero-order valence-electron chi connectivity index (χ0n) is 20.9. The van der Waals surface area contributed by atoms with Gasteiger partial charge in [0.15, 0.2) is 0 Å². The maximum atomic E-state index is 12.8. The maximum Gasteiger partial charge on any atom is 0.262 e. The Kier molecular flexibility index (Phi) is 7.92. The zero-order valence-corrected chi connectivity index (χ0v) is 20.9. The normalized spacial score (nSPS) is 15.1. The lowest BCUT2D eigenvalue weighted by Crippen LogP contribution is -2.32. The first kappa shape index (κ1) is 25.0. The molecule has 7 nitrogen and oxygen atoms in total. The van der Waals surface area contributed by atoms with Crippen LogP contribution in [0.2, 0.25) is 0 Å². The number of amides is 1. The third-order valence-electron chi connectivity index (χ3n) is 6.30. The summed E-state index contributed by atoms with van der Waals surface area (Å²) in [6, 6.07) is 29.4. The first-order chi connectivity index (χ1) is 18.7. The molecule has 0 radical (unpaired) electrons. The molecule has 2 heterocycles. The molecule has 0 spiro atoms. The molecule has 1 amide bonds. The second-order valence-electron chi connectivity index (χ2n) is 9.03. The van der Waals surface area contributed by atoms with E-state index >= 15 is 0 Å². The predicted molar refractivity (Wildman–Crippen MR) is 145 cm³/mol. The van der Waals surface area contributed by atoms with Crippen LogP contribution in [-0.2, 0) is 16.1 Å². The number of nitrogens with zero attached hydrogens (tertiary/aromatic N) is 3. The molecule has 0 saturated carbocycles. The van der Waals surface area contributed by atoms with Gasteiger partial charge in [-0.1, -0.05) is 60.7 Å². The van der Waals surface area contributed by atoms with Crippen LogP contribution in [0.25, 0.3) is 23.0 Å². The fourth-order valence-corrected chi connectivity index (χ4v) is 4.32. The van der Waals surface area contributed by atoms with Gasteiger partial charge in [0, 0.05) is 30.5 Å². The predicted octanol–water partition coefficient (Wildman–Crippen LogP) is 5.32. The van der Waals surface area contributed by atoms with Gasteiger partial charge in [-0.3, -0.25) is 4.79 Å². The van der Waals surface area contributed by atoms with Gasteiger partial charge < -0.3 is 14.8 Å². The number of hydrogen-bond donors (Lipinski definition) is 1. The van der Waals surface area contributed by atoms with E-state index in [1.54, 1.807) is 10.8 Å². The van der Waals surface area contributed by atoms with Gasteiger partial charge >= 0.3 is 0 Å². The highest BCUT2D eigenvalue weighted by molar-refractivity contribution is 6.02. The molecule has 1 saturated heterocycles. The van der Waals surface area contributed by atoms with Crippen LogP contribution in [0.3, 0.4) is 0 Å². The Morgan fingerprint density at radius 1 is 1.11 bits per heavy atom. The average Bonchev–Trinajstić information content (AvgIpc) is 3.65. The molecular weight excluding hydrogens is 476 g/mol. The van der Waals surface area contributed by atoms with Crippen molar-refractivity contribution in [3.63, 3.8) is 0 Å². The fourth-order valence-electron chi connectivity index (χ4n) is 4.32. The van der Waals surface area contributed by atoms with Gasteiger partial charge in [0.2, 0.25) is 0 Å². The second-order valence-corrected chi connectivity index (χ2v) is 9.03. The first-order valence-electron chi connectivity index (χ1n) is 12.6. The zero-order chi connectivity index (χ0) is 26.2. The van der Waals surface area contributed by atoms with E-state index in [0.717, 1.165) is 29.7 Å². The van der Waals surface area contributed by atoms with Crippen molar-refractivity contribution < 1.29 is 14.3 Å². The van der Waals surface area contributed by atoms with Gasteiger partial charge in [-0.15, -0.1) is 0 Å². The third-order valence-corrected chi connectivity index (χ3v) is 6.30. The molecule has 190 valence electrons. The van der Waals surface area contributed by atoms with E-state index in [9.17, 15) is 10.1 Å². The Bertz CT molecular complexity index is 1450. The smallest absolute Gasteiger partial charge is 0.262 e. The summed E-state index contributed by atoms with van der Waals surface area (Å²) in [4.78, 5) is 12.8. The summed E-state index contributed by atoms with van der Waals surface area (Å²) in [6.45, 7) is 1.53. The fraction of sp³-hybridized carbons (Fsp3) is 0.194. The van der Waals surface area contributed by atoms with E-state index in [2.05, 4.69) is 5.32 Å². The standard InChI is InChI=1S/C31H28N4O3/c32-19-25(31(36)33-20-29-15-8-16-37-29)17-26-21-35(27-12-5-2-6-13-27)34-30(26)24-11-7-14-28(18-24)38-22-23-9-3-1-4-10-23/h1-7,9-14,17-18,21,29H,8,15-16,20,22H2,(H,33,36)/b25-17-. The number of carbonyl (C=O) groups is 1. The number of carbonyl (C=O) groups excluding carboxylic acids is 1. The number of ether oxygens (including phenoxy) is 2. The van der Waals surface area contributed by atoms with Crippen LogP contribution in [0.15, 0.2) is 96.7 Å². The molecule has 1 fully saturated rings. The Hall–Kier alpha value is -4.67. The van der Waals surface area contributed by atoms with E-state index in [4.69, 9.17) is 14.6 Å². The molecule has 1 aliphatic heterocycles. The monoisotopic (exact) mass is 504 g/mol. The van der Waals surface area contributed by atoms with Gasteiger partial charge in [-0.05, 0) is 48.7 Å². The minimum atomic E-state index is -0.429. The molecule has 1 aromatic heterocycles. The average molecular weight is 505 g/mol. The topological polar surface area (TPSA) is 89.2 Å². The van der Waals surface area contributed by atoms with Crippen molar-refractivity contribution in [3.05, 3.63) is 108 Å². The molecule has 1 unspecified atom stereocenters. The number of benzene rings is 3. The van der Waals surface area contributed by atoms with Crippen molar-refractivity contribution >= 4 is 12.0 Å². The number of rotatable bonds is 9. The highest BCUT2D eigenvalue weighted by Gasteiger charge is 2.19. The van der Waals surface area contributed by atoms with Crippen LogP contribution < -0.4 is 10.1 Å². The van der Waals surface area contributed by atoms with Gasteiger partial charge in [-0.2, -0.15) is 10.4 Å². The van der Waals surface area contributed by atoms with Crippen molar-refractivity contribution in [2.24, 2.45) is 0 Å². The lowest BCUT2D eigenvalue weighted by atomic mass is 10.1. The minimum Gasteiger partial charge on any atom is -0.489 e. The molecular formula is C31H28N4O3. The van der Waals surface area contributed by atoms with Gasteiger partial charge in [0.05, 0.1) is 11.8 Å².